The molecule has 0 aliphatic rings. The van der Waals surface area contributed by atoms with Crippen molar-refractivity contribution in [3.05, 3.63) is 0 Å². The highest BCUT2D eigenvalue weighted by atomic mass is 16.6. The number of amides is 2. The van der Waals surface area contributed by atoms with Gasteiger partial charge in [0.2, 0.25) is 0 Å². The Balaban J connectivity index is 3.44. The fourth-order valence-electron chi connectivity index (χ4n) is 0.499. The second-order valence-corrected chi connectivity index (χ2v) is 2.01. The Kier molecular flexibility index (Phi) is 4.43. The summed E-state index contributed by atoms with van der Waals surface area (Å²) in [6.07, 6.45) is -0.0669. The summed E-state index contributed by atoms with van der Waals surface area (Å²) in [6, 6.07) is -0.717. The van der Waals surface area contributed by atoms with E-state index in [1.165, 1.54) is 0 Å². The van der Waals surface area contributed by atoms with Gasteiger partial charge in [-0.2, -0.15) is 0 Å². The lowest BCUT2D eigenvalue weighted by Gasteiger charge is -1.99. The summed E-state index contributed by atoms with van der Waals surface area (Å²) in [5, 5.41) is 2.18. The van der Waals surface area contributed by atoms with Gasteiger partial charge < -0.3 is 15.8 Å². The Morgan fingerprint density at radius 3 is 2.42 bits per heavy atom. The van der Waals surface area contributed by atoms with Gasteiger partial charge in [0, 0.05) is 13.5 Å². The van der Waals surface area contributed by atoms with Crippen molar-refractivity contribution in [2.24, 2.45) is 5.73 Å². The highest BCUT2D eigenvalue weighted by Gasteiger charge is 2.05. The second-order valence-electron chi connectivity index (χ2n) is 2.01. The molecule has 0 saturated carbocycles. The van der Waals surface area contributed by atoms with Crippen LogP contribution in [0.25, 0.3) is 0 Å². The van der Waals surface area contributed by atoms with Gasteiger partial charge in [-0.3, -0.25) is 9.59 Å². The number of primary amides is 1. The van der Waals surface area contributed by atoms with Crippen LogP contribution in [0.2, 0.25) is 0 Å². The van der Waals surface area contributed by atoms with Crippen LogP contribution in [-0.2, 0) is 14.3 Å². The highest BCUT2D eigenvalue weighted by molar-refractivity contribution is 5.84. The second kappa shape index (κ2) is 5.11. The van der Waals surface area contributed by atoms with E-state index in [1.807, 2.05) is 0 Å². The number of urea groups is 1. The average molecular weight is 174 g/mol. The third-order valence-electron chi connectivity index (χ3n) is 0.886. The first-order valence-electron chi connectivity index (χ1n) is 3.27. The van der Waals surface area contributed by atoms with Crippen molar-refractivity contribution in [2.75, 3.05) is 6.54 Å². The van der Waals surface area contributed by atoms with Crippen molar-refractivity contribution in [2.45, 2.75) is 13.3 Å². The summed E-state index contributed by atoms with van der Waals surface area (Å²) in [6.45, 7) is 1.20. The highest BCUT2D eigenvalue weighted by Crippen LogP contribution is 1.84. The molecule has 0 bridgehead atoms. The minimum Gasteiger partial charge on any atom is -0.393 e. The molecule has 0 unspecified atom stereocenters. The molecule has 0 spiro atoms. The first kappa shape index (κ1) is 10.4. The standard InChI is InChI=1S/C6H10N2O4/c1-4(9)12-5(10)2-3-8-6(7)11/h2-3H2,1H3,(H3,7,8,11). The molecule has 0 aliphatic heterocycles. The third-order valence-corrected chi connectivity index (χ3v) is 0.886. The molecule has 0 aromatic heterocycles. The molecule has 6 nitrogen and oxygen atoms in total. The van der Waals surface area contributed by atoms with E-state index in [9.17, 15) is 14.4 Å². The van der Waals surface area contributed by atoms with Crippen molar-refractivity contribution in [3.63, 3.8) is 0 Å². The van der Waals surface area contributed by atoms with Crippen molar-refractivity contribution in [3.8, 4) is 0 Å². The number of esters is 2. The SMILES string of the molecule is CC(=O)OC(=O)CCNC(N)=O. The van der Waals surface area contributed by atoms with Gasteiger partial charge in [-0.1, -0.05) is 0 Å². The number of hydrogen-bond acceptors (Lipinski definition) is 4. The predicted octanol–water partition coefficient (Wildman–Crippen LogP) is -0.865. The lowest BCUT2D eigenvalue weighted by Crippen LogP contribution is -2.31. The number of carbonyl (C=O) groups excluding carboxylic acids is 3. The quantitative estimate of drug-likeness (QED) is 0.429. The van der Waals surface area contributed by atoms with Gasteiger partial charge in [-0.05, 0) is 0 Å². The zero-order chi connectivity index (χ0) is 9.56. The van der Waals surface area contributed by atoms with Crippen LogP contribution in [0, 0.1) is 0 Å². The van der Waals surface area contributed by atoms with Crippen LogP contribution >= 0.6 is 0 Å². The van der Waals surface area contributed by atoms with Gasteiger partial charge in [0.1, 0.15) is 0 Å². The zero-order valence-corrected chi connectivity index (χ0v) is 6.62. The maximum Gasteiger partial charge on any atom is 0.315 e. The van der Waals surface area contributed by atoms with E-state index in [2.05, 4.69) is 10.1 Å². The molecule has 6 heteroatoms. The lowest BCUT2D eigenvalue weighted by molar-refractivity contribution is -0.157. The predicted molar refractivity (Wildman–Crippen MR) is 39.0 cm³/mol. The Morgan fingerprint density at radius 1 is 1.42 bits per heavy atom. The Hall–Kier alpha value is -1.59. The molecule has 0 aliphatic carbocycles. The maximum absolute atomic E-state index is 10.6. The van der Waals surface area contributed by atoms with E-state index in [-0.39, 0.29) is 13.0 Å². The van der Waals surface area contributed by atoms with Crippen molar-refractivity contribution in [1.29, 1.82) is 0 Å². The summed E-state index contributed by atoms with van der Waals surface area (Å²) in [5.41, 5.74) is 4.71. The van der Waals surface area contributed by atoms with Crippen molar-refractivity contribution >= 4 is 18.0 Å². The molecule has 0 radical (unpaired) electrons. The Bertz CT molecular complexity index is 202. The lowest BCUT2D eigenvalue weighted by atomic mass is 10.4. The molecule has 0 aromatic rings. The minimum atomic E-state index is -0.717. The third kappa shape index (κ3) is 6.53. The van der Waals surface area contributed by atoms with Gasteiger partial charge in [0.15, 0.2) is 0 Å². The summed E-state index contributed by atoms with van der Waals surface area (Å²) in [4.78, 5) is 30.9. The number of ether oxygens (including phenoxy) is 1. The molecule has 0 saturated heterocycles. The number of carbonyl (C=O) groups is 3. The van der Waals surface area contributed by atoms with Gasteiger partial charge in [0.05, 0.1) is 6.42 Å². The van der Waals surface area contributed by atoms with Gasteiger partial charge in [-0.25, -0.2) is 4.79 Å². The van der Waals surface area contributed by atoms with Crippen LogP contribution in [0.3, 0.4) is 0 Å². The molecular formula is C6H10N2O4. The molecule has 3 N–H and O–H groups in total. The molecule has 68 valence electrons. The van der Waals surface area contributed by atoms with Gasteiger partial charge in [0.25, 0.3) is 0 Å². The molecule has 12 heavy (non-hydrogen) atoms. The van der Waals surface area contributed by atoms with E-state index in [1.54, 1.807) is 0 Å². The van der Waals surface area contributed by atoms with E-state index < -0.39 is 18.0 Å². The molecule has 0 aromatic carbocycles. The number of rotatable bonds is 3. The van der Waals surface area contributed by atoms with Gasteiger partial charge >= 0.3 is 18.0 Å². The maximum atomic E-state index is 10.6. The van der Waals surface area contributed by atoms with Crippen LogP contribution in [0.1, 0.15) is 13.3 Å². The zero-order valence-electron chi connectivity index (χ0n) is 6.62. The Morgan fingerprint density at radius 2 is 2.00 bits per heavy atom. The van der Waals surface area contributed by atoms with E-state index in [0.717, 1.165) is 6.92 Å². The number of nitrogens with one attached hydrogen (secondary N) is 1. The van der Waals surface area contributed by atoms with E-state index in [4.69, 9.17) is 5.73 Å². The first-order valence-corrected chi connectivity index (χ1v) is 3.27. The minimum absolute atomic E-state index is 0.0669. The van der Waals surface area contributed by atoms with E-state index >= 15 is 0 Å². The summed E-state index contributed by atoms with van der Waals surface area (Å²) >= 11 is 0. The normalized spacial score (nSPS) is 8.75. The molecule has 2 amide bonds. The molecule has 0 heterocycles. The Labute approximate surface area is 69.1 Å². The molecular weight excluding hydrogens is 164 g/mol. The molecule has 0 rings (SSSR count). The smallest absolute Gasteiger partial charge is 0.315 e. The fraction of sp³-hybridized carbons (Fsp3) is 0.500. The van der Waals surface area contributed by atoms with Crippen molar-refractivity contribution < 1.29 is 19.1 Å². The monoisotopic (exact) mass is 174 g/mol. The number of hydrogen-bond donors (Lipinski definition) is 2. The summed E-state index contributed by atoms with van der Waals surface area (Å²) in [7, 11) is 0. The summed E-state index contributed by atoms with van der Waals surface area (Å²) < 4.78 is 4.16. The largest absolute Gasteiger partial charge is 0.393 e. The van der Waals surface area contributed by atoms with Crippen LogP contribution < -0.4 is 11.1 Å². The van der Waals surface area contributed by atoms with Crippen molar-refractivity contribution in [1.82, 2.24) is 5.32 Å². The van der Waals surface area contributed by atoms with Crippen LogP contribution in [-0.4, -0.2) is 24.5 Å². The molecule has 0 atom stereocenters. The average Bonchev–Trinajstić information content (AvgIpc) is 1.84. The molecule has 0 fully saturated rings. The van der Waals surface area contributed by atoms with Crippen LogP contribution in [0.5, 0.6) is 0 Å². The first-order chi connectivity index (χ1) is 5.52. The summed E-state index contributed by atoms with van der Waals surface area (Å²) in [5.74, 6) is -1.35. The number of nitrogens with two attached hydrogens (primary N) is 1. The van der Waals surface area contributed by atoms with E-state index in [0.29, 0.717) is 0 Å². The van der Waals surface area contributed by atoms with Gasteiger partial charge in [-0.15, -0.1) is 0 Å². The topological polar surface area (TPSA) is 98.5 Å². The fourth-order valence-corrected chi connectivity index (χ4v) is 0.499. The van der Waals surface area contributed by atoms with Crippen LogP contribution in [0.15, 0.2) is 0 Å². The van der Waals surface area contributed by atoms with Crippen LogP contribution in [0.4, 0.5) is 4.79 Å².